The monoisotopic (exact) mass is 321 g/mol. The smallest absolute Gasteiger partial charge is 0.331 e. The predicted molar refractivity (Wildman–Crippen MR) is 84.8 cm³/mol. The summed E-state index contributed by atoms with van der Waals surface area (Å²) >= 11 is 0. The molecule has 1 aliphatic carbocycles. The Balaban J connectivity index is 2.23. The van der Waals surface area contributed by atoms with Crippen LogP contribution in [-0.4, -0.2) is 38.7 Å². The van der Waals surface area contributed by atoms with Gasteiger partial charge in [0.25, 0.3) is 5.91 Å². The Kier molecular flexibility index (Phi) is 5.47. The minimum atomic E-state index is -0.933. The van der Waals surface area contributed by atoms with Crippen LogP contribution in [0.25, 0.3) is 0 Å². The maximum atomic E-state index is 12.6. The van der Waals surface area contributed by atoms with Crippen LogP contribution in [-0.2, 0) is 9.53 Å². The van der Waals surface area contributed by atoms with E-state index in [1.54, 1.807) is 18.2 Å². The van der Waals surface area contributed by atoms with Crippen molar-refractivity contribution in [3.63, 3.8) is 0 Å². The molecule has 0 radical (unpaired) electrons. The van der Waals surface area contributed by atoms with Crippen molar-refractivity contribution in [1.29, 1.82) is 0 Å². The summed E-state index contributed by atoms with van der Waals surface area (Å²) < 4.78 is 15.3. The third-order valence-corrected chi connectivity index (χ3v) is 4.28. The summed E-state index contributed by atoms with van der Waals surface area (Å²) in [5.41, 5.74) is -0.520. The highest BCUT2D eigenvalue weighted by Gasteiger charge is 2.42. The van der Waals surface area contributed by atoms with Gasteiger partial charge in [0.15, 0.2) is 11.5 Å². The molecule has 6 nitrogen and oxygen atoms in total. The van der Waals surface area contributed by atoms with Gasteiger partial charge in [-0.2, -0.15) is 0 Å². The van der Waals surface area contributed by atoms with Crippen LogP contribution >= 0.6 is 0 Å². The van der Waals surface area contributed by atoms with E-state index in [9.17, 15) is 9.59 Å². The number of hydrogen-bond acceptors (Lipinski definition) is 5. The van der Waals surface area contributed by atoms with Crippen molar-refractivity contribution in [3.8, 4) is 11.5 Å². The highest BCUT2D eigenvalue weighted by Crippen LogP contribution is 2.31. The molecule has 1 fully saturated rings. The lowest BCUT2D eigenvalue weighted by atomic mass is 9.81. The first-order valence-corrected chi connectivity index (χ1v) is 7.69. The lowest BCUT2D eigenvalue weighted by Crippen LogP contribution is -2.56. The van der Waals surface area contributed by atoms with E-state index >= 15 is 0 Å². The van der Waals surface area contributed by atoms with Crippen molar-refractivity contribution in [3.05, 3.63) is 23.8 Å². The lowest BCUT2D eigenvalue weighted by molar-refractivity contribution is -0.149. The molecule has 0 bridgehead atoms. The largest absolute Gasteiger partial charge is 0.493 e. The quantitative estimate of drug-likeness (QED) is 0.843. The molecule has 0 atom stereocenters. The van der Waals surface area contributed by atoms with Crippen molar-refractivity contribution in [1.82, 2.24) is 5.32 Å². The molecule has 1 aliphatic rings. The summed E-state index contributed by atoms with van der Waals surface area (Å²) in [6.45, 7) is 0. The number of carbonyl (C=O) groups is 2. The number of amides is 1. The molecule has 2 rings (SSSR count). The number of carbonyl (C=O) groups excluding carboxylic acids is 2. The van der Waals surface area contributed by atoms with E-state index in [0.717, 1.165) is 19.3 Å². The van der Waals surface area contributed by atoms with Crippen molar-refractivity contribution in [2.45, 2.75) is 37.6 Å². The molecule has 1 saturated carbocycles. The average Bonchev–Trinajstić information content (AvgIpc) is 2.60. The molecule has 23 heavy (non-hydrogen) atoms. The van der Waals surface area contributed by atoms with Crippen LogP contribution in [0.4, 0.5) is 0 Å². The Labute approximate surface area is 136 Å². The van der Waals surface area contributed by atoms with Crippen LogP contribution in [0.5, 0.6) is 11.5 Å². The third-order valence-electron chi connectivity index (χ3n) is 4.28. The Morgan fingerprint density at radius 3 is 2.22 bits per heavy atom. The Hall–Kier alpha value is -2.24. The van der Waals surface area contributed by atoms with Gasteiger partial charge in [-0.25, -0.2) is 4.79 Å². The van der Waals surface area contributed by atoms with Crippen molar-refractivity contribution in [2.24, 2.45) is 0 Å². The van der Waals surface area contributed by atoms with Gasteiger partial charge in [0.05, 0.1) is 21.3 Å². The number of rotatable bonds is 5. The van der Waals surface area contributed by atoms with Crippen LogP contribution in [0.3, 0.4) is 0 Å². The highest BCUT2D eigenvalue weighted by atomic mass is 16.5. The van der Waals surface area contributed by atoms with Gasteiger partial charge in [-0.3, -0.25) is 4.79 Å². The summed E-state index contributed by atoms with van der Waals surface area (Å²) in [4.78, 5) is 24.8. The van der Waals surface area contributed by atoms with Gasteiger partial charge >= 0.3 is 5.97 Å². The lowest BCUT2D eigenvalue weighted by Gasteiger charge is -2.35. The highest BCUT2D eigenvalue weighted by molar-refractivity contribution is 5.98. The van der Waals surface area contributed by atoms with Gasteiger partial charge in [0, 0.05) is 5.56 Å². The molecule has 0 saturated heterocycles. The van der Waals surface area contributed by atoms with E-state index in [4.69, 9.17) is 14.2 Å². The standard InChI is InChI=1S/C17H23NO5/c1-21-13-8-7-12(11-14(13)22-2)15(19)18-17(16(20)23-3)9-5-4-6-10-17/h7-8,11H,4-6,9-10H2,1-3H3,(H,18,19). The van der Waals surface area contributed by atoms with E-state index in [0.29, 0.717) is 29.9 Å². The first-order valence-electron chi connectivity index (χ1n) is 7.69. The zero-order valence-electron chi connectivity index (χ0n) is 13.8. The molecule has 0 unspecified atom stereocenters. The summed E-state index contributed by atoms with van der Waals surface area (Å²) in [5, 5.41) is 2.88. The fourth-order valence-electron chi connectivity index (χ4n) is 3.00. The number of esters is 1. The second-order valence-electron chi connectivity index (χ2n) is 5.66. The van der Waals surface area contributed by atoms with Crippen molar-refractivity contribution < 1.29 is 23.8 Å². The molecule has 1 amide bonds. The molecule has 6 heteroatoms. The second kappa shape index (κ2) is 7.35. The molecule has 0 spiro atoms. The van der Waals surface area contributed by atoms with E-state index < -0.39 is 5.54 Å². The molecule has 0 aliphatic heterocycles. The van der Waals surface area contributed by atoms with Gasteiger partial charge in [-0.1, -0.05) is 19.3 Å². The Morgan fingerprint density at radius 2 is 1.65 bits per heavy atom. The predicted octanol–water partition coefficient (Wildman–Crippen LogP) is 2.31. The van der Waals surface area contributed by atoms with Crippen LogP contribution in [0.1, 0.15) is 42.5 Å². The minimum absolute atomic E-state index is 0.321. The number of benzene rings is 1. The summed E-state index contributed by atoms with van der Waals surface area (Å²) in [6.07, 6.45) is 4.03. The first kappa shape index (κ1) is 17.1. The third kappa shape index (κ3) is 3.57. The summed E-state index contributed by atoms with van der Waals surface area (Å²) in [7, 11) is 4.39. The number of methoxy groups -OCH3 is 3. The van der Waals surface area contributed by atoms with E-state index in [2.05, 4.69) is 5.32 Å². The van der Waals surface area contributed by atoms with Crippen LogP contribution < -0.4 is 14.8 Å². The average molecular weight is 321 g/mol. The summed E-state index contributed by atoms with van der Waals surface area (Å²) in [6, 6.07) is 4.91. The van der Waals surface area contributed by atoms with Crippen molar-refractivity contribution in [2.75, 3.05) is 21.3 Å². The fraction of sp³-hybridized carbons (Fsp3) is 0.529. The van der Waals surface area contributed by atoms with E-state index in [1.165, 1.54) is 21.3 Å². The van der Waals surface area contributed by atoms with Gasteiger partial charge in [0.2, 0.25) is 0 Å². The molecule has 0 aromatic heterocycles. The van der Waals surface area contributed by atoms with Crippen LogP contribution in [0, 0.1) is 0 Å². The van der Waals surface area contributed by atoms with Crippen LogP contribution in [0.2, 0.25) is 0 Å². The Morgan fingerprint density at radius 1 is 1.00 bits per heavy atom. The maximum absolute atomic E-state index is 12.6. The zero-order chi connectivity index (χ0) is 16.9. The Bertz CT molecular complexity index is 578. The maximum Gasteiger partial charge on any atom is 0.331 e. The molecule has 126 valence electrons. The second-order valence-corrected chi connectivity index (χ2v) is 5.66. The fourth-order valence-corrected chi connectivity index (χ4v) is 3.00. The molecule has 1 aromatic carbocycles. The van der Waals surface area contributed by atoms with Gasteiger partial charge in [0.1, 0.15) is 5.54 Å². The van der Waals surface area contributed by atoms with Crippen molar-refractivity contribution >= 4 is 11.9 Å². The molecule has 1 aromatic rings. The topological polar surface area (TPSA) is 73.9 Å². The molecule has 1 N–H and O–H groups in total. The zero-order valence-corrected chi connectivity index (χ0v) is 13.8. The molecular weight excluding hydrogens is 298 g/mol. The number of ether oxygens (including phenoxy) is 3. The summed E-state index contributed by atoms with van der Waals surface area (Å²) in [5.74, 6) is 0.310. The normalized spacial score (nSPS) is 16.3. The van der Waals surface area contributed by atoms with E-state index in [1.807, 2.05) is 0 Å². The number of hydrogen-bond donors (Lipinski definition) is 1. The van der Waals surface area contributed by atoms with Crippen LogP contribution in [0.15, 0.2) is 18.2 Å². The van der Waals surface area contributed by atoms with E-state index in [-0.39, 0.29) is 11.9 Å². The minimum Gasteiger partial charge on any atom is -0.493 e. The van der Waals surface area contributed by atoms with Gasteiger partial charge in [-0.05, 0) is 31.0 Å². The SMILES string of the molecule is COC(=O)C1(NC(=O)c2ccc(OC)c(OC)c2)CCCCC1. The molecular formula is C17H23NO5. The van der Waals surface area contributed by atoms with Gasteiger partial charge < -0.3 is 19.5 Å². The molecule has 0 heterocycles. The first-order chi connectivity index (χ1) is 11.1. The number of nitrogens with one attached hydrogen (secondary N) is 1. The van der Waals surface area contributed by atoms with Gasteiger partial charge in [-0.15, -0.1) is 0 Å².